The molecular weight excluding hydrogens is 190 g/mol. The van der Waals surface area contributed by atoms with Crippen LogP contribution < -0.4 is 5.32 Å². The molecule has 6 heteroatoms. The van der Waals surface area contributed by atoms with E-state index in [2.05, 4.69) is 5.32 Å². The van der Waals surface area contributed by atoms with Crippen molar-refractivity contribution in [1.82, 2.24) is 5.32 Å². The Morgan fingerprint density at radius 1 is 1.29 bits per heavy atom. The molecule has 6 nitrogen and oxygen atoms in total. The molecule has 82 valence electrons. The second-order valence-corrected chi connectivity index (χ2v) is 3.44. The summed E-state index contributed by atoms with van der Waals surface area (Å²) in [6.45, 7) is 2.78. The monoisotopic (exact) mass is 205 g/mol. The molecule has 1 amide bonds. The lowest BCUT2D eigenvalue weighted by molar-refractivity contribution is -0.242. The third-order valence-electron chi connectivity index (χ3n) is 2.23. The number of aliphatic hydroxyl groups excluding tert-OH is 3. The van der Waals surface area contributed by atoms with Crippen LogP contribution in [-0.4, -0.2) is 51.9 Å². The highest BCUT2D eigenvalue weighted by atomic mass is 16.6. The van der Waals surface area contributed by atoms with Crippen LogP contribution in [0.3, 0.4) is 0 Å². The minimum Gasteiger partial charge on any atom is -0.388 e. The van der Waals surface area contributed by atoms with Crippen molar-refractivity contribution in [3.05, 3.63) is 0 Å². The maximum Gasteiger partial charge on any atom is 0.217 e. The molecule has 1 aliphatic heterocycles. The first-order chi connectivity index (χ1) is 6.43. The Kier molecular flexibility index (Phi) is 3.43. The average Bonchev–Trinajstić information content (AvgIpc) is 2.09. The van der Waals surface area contributed by atoms with E-state index in [4.69, 9.17) is 4.74 Å². The van der Waals surface area contributed by atoms with Crippen molar-refractivity contribution in [3.63, 3.8) is 0 Å². The number of aliphatic hydroxyl groups is 3. The molecule has 1 rings (SSSR count). The van der Waals surface area contributed by atoms with Gasteiger partial charge in [0.2, 0.25) is 5.91 Å². The van der Waals surface area contributed by atoms with E-state index in [0.717, 1.165) is 0 Å². The Labute approximate surface area is 81.5 Å². The number of hydrogen-bond donors (Lipinski definition) is 4. The van der Waals surface area contributed by atoms with Crippen LogP contribution in [0, 0.1) is 0 Å². The van der Waals surface area contributed by atoms with Gasteiger partial charge in [-0.2, -0.15) is 0 Å². The maximum atomic E-state index is 10.7. The standard InChI is InChI=1S/C8H15NO5/c1-3-6(11)7(12)5(8(13)14-3)9-4(2)10/h3,5-8,11-13H,1-2H3,(H,9,10)/t3-,5-,6-,7-,8-/m0/s1. The quantitative estimate of drug-likeness (QED) is 0.395. The van der Waals surface area contributed by atoms with E-state index in [-0.39, 0.29) is 0 Å². The normalized spacial score (nSPS) is 43.4. The van der Waals surface area contributed by atoms with Crippen LogP contribution in [0.15, 0.2) is 0 Å². The zero-order valence-electron chi connectivity index (χ0n) is 8.04. The topological polar surface area (TPSA) is 99.0 Å². The van der Waals surface area contributed by atoms with Gasteiger partial charge in [0.1, 0.15) is 18.2 Å². The third-order valence-corrected chi connectivity index (χ3v) is 2.23. The molecule has 1 fully saturated rings. The van der Waals surface area contributed by atoms with Crippen molar-refractivity contribution in [3.8, 4) is 0 Å². The second kappa shape index (κ2) is 4.22. The molecule has 0 aromatic heterocycles. The Balaban J connectivity index is 2.68. The third kappa shape index (κ3) is 2.21. The number of ether oxygens (including phenoxy) is 1. The van der Waals surface area contributed by atoms with E-state index in [0.29, 0.717) is 0 Å². The molecule has 0 radical (unpaired) electrons. The SMILES string of the molecule is CC(=O)N[C@H]1[C@H](O)[C@@H](O)[C@H](C)O[C@@H]1O. The molecule has 0 aromatic carbocycles. The number of hydrogen-bond acceptors (Lipinski definition) is 5. The van der Waals surface area contributed by atoms with E-state index in [1.807, 2.05) is 0 Å². The molecule has 0 bridgehead atoms. The highest BCUT2D eigenvalue weighted by molar-refractivity contribution is 5.73. The predicted molar refractivity (Wildman–Crippen MR) is 46.2 cm³/mol. The molecule has 0 aliphatic carbocycles. The first kappa shape index (κ1) is 11.4. The van der Waals surface area contributed by atoms with Gasteiger partial charge in [0.15, 0.2) is 6.29 Å². The molecule has 1 aliphatic rings. The van der Waals surface area contributed by atoms with E-state index in [9.17, 15) is 20.1 Å². The van der Waals surface area contributed by atoms with Crippen LogP contribution in [0.4, 0.5) is 0 Å². The molecule has 0 saturated carbocycles. The van der Waals surface area contributed by atoms with Gasteiger partial charge in [-0.15, -0.1) is 0 Å². The summed E-state index contributed by atoms with van der Waals surface area (Å²) in [5.41, 5.74) is 0. The Morgan fingerprint density at radius 2 is 1.86 bits per heavy atom. The summed E-state index contributed by atoms with van der Waals surface area (Å²) in [4.78, 5) is 10.7. The van der Waals surface area contributed by atoms with Crippen LogP contribution >= 0.6 is 0 Å². The maximum absolute atomic E-state index is 10.7. The number of nitrogens with one attached hydrogen (secondary N) is 1. The average molecular weight is 205 g/mol. The van der Waals surface area contributed by atoms with Crippen LogP contribution in [0.25, 0.3) is 0 Å². The fourth-order valence-corrected chi connectivity index (χ4v) is 1.44. The lowest BCUT2D eigenvalue weighted by Gasteiger charge is -2.39. The van der Waals surface area contributed by atoms with Crippen molar-refractivity contribution in [2.24, 2.45) is 0 Å². The van der Waals surface area contributed by atoms with Crippen molar-refractivity contribution in [1.29, 1.82) is 0 Å². The van der Waals surface area contributed by atoms with Gasteiger partial charge in [0.25, 0.3) is 0 Å². The molecule has 14 heavy (non-hydrogen) atoms. The minimum absolute atomic E-state index is 0.404. The Hall–Kier alpha value is -0.690. The first-order valence-electron chi connectivity index (χ1n) is 4.40. The number of carbonyl (C=O) groups excluding carboxylic acids is 1. The van der Waals surface area contributed by atoms with Gasteiger partial charge in [-0.1, -0.05) is 0 Å². The van der Waals surface area contributed by atoms with E-state index in [1.165, 1.54) is 13.8 Å². The van der Waals surface area contributed by atoms with E-state index in [1.54, 1.807) is 0 Å². The van der Waals surface area contributed by atoms with Gasteiger partial charge in [0, 0.05) is 6.92 Å². The van der Waals surface area contributed by atoms with Gasteiger partial charge in [-0.3, -0.25) is 4.79 Å². The summed E-state index contributed by atoms with van der Waals surface area (Å²) >= 11 is 0. The number of carbonyl (C=O) groups is 1. The highest BCUT2D eigenvalue weighted by Gasteiger charge is 2.42. The summed E-state index contributed by atoms with van der Waals surface area (Å²) < 4.78 is 4.91. The second-order valence-electron chi connectivity index (χ2n) is 3.44. The van der Waals surface area contributed by atoms with Crippen LogP contribution in [0.1, 0.15) is 13.8 Å². The number of rotatable bonds is 1. The minimum atomic E-state index is -1.30. The molecule has 0 unspecified atom stereocenters. The van der Waals surface area contributed by atoms with Gasteiger partial charge in [-0.25, -0.2) is 0 Å². The Bertz CT molecular complexity index is 222. The molecule has 4 N–H and O–H groups in total. The smallest absolute Gasteiger partial charge is 0.217 e. The Morgan fingerprint density at radius 3 is 2.36 bits per heavy atom. The van der Waals surface area contributed by atoms with Crippen LogP contribution in [0.5, 0.6) is 0 Å². The molecule has 1 heterocycles. The molecule has 5 atom stereocenters. The zero-order valence-corrected chi connectivity index (χ0v) is 8.04. The summed E-state index contributed by atoms with van der Waals surface area (Å²) in [6, 6.07) is -0.987. The zero-order chi connectivity index (χ0) is 10.9. The van der Waals surface area contributed by atoms with E-state index < -0.39 is 36.6 Å². The van der Waals surface area contributed by atoms with Crippen LogP contribution in [0.2, 0.25) is 0 Å². The number of amides is 1. The fraction of sp³-hybridized carbons (Fsp3) is 0.875. The summed E-state index contributed by atoms with van der Waals surface area (Å²) in [5, 5.41) is 30.6. The fourth-order valence-electron chi connectivity index (χ4n) is 1.44. The highest BCUT2D eigenvalue weighted by Crippen LogP contribution is 2.19. The lowest BCUT2D eigenvalue weighted by atomic mass is 9.98. The first-order valence-corrected chi connectivity index (χ1v) is 4.40. The largest absolute Gasteiger partial charge is 0.388 e. The van der Waals surface area contributed by atoms with Gasteiger partial charge >= 0.3 is 0 Å². The van der Waals surface area contributed by atoms with Crippen molar-refractivity contribution in [2.75, 3.05) is 0 Å². The van der Waals surface area contributed by atoms with E-state index >= 15 is 0 Å². The molecule has 0 spiro atoms. The van der Waals surface area contributed by atoms with Crippen molar-refractivity contribution < 1.29 is 24.9 Å². The lowest BCUT2D eigenvalue weighted by Crippen LogP contribution is -2.62. The summed E-state index contributed by atoms with van der Waals surface area (Å²) in [5.74, 6) is -0.404. The predicted octanol–water partition coefficient (Wildman–Crippen LogP) is -2.05. The van der Waals surface area contributed by atoms with Gasteiger partial charge < -0.3 is 25.4 Å². The molecule has 1 saturated heterocycles. The summed E-state index contributed by atoms with van der Waals surface area (Å²) in [7, 11) is 0. The molecule has 0 aromatic rings. The van der Waals surface area contributed by atoms with Crippen molar-refractivity contribution >= 4 is 5.91 Å². The van der Waals surface area contributed by atoms with Gasteiger partial charge in [0.05, 0.1) is 6.10 Å². The molecular formula is C8H15NO5. The van der Waals surface area contributed by atoms with Crippen molar-refractivity contribution in [2.45, 2.75) is 44.5 Å². The van der Waals surface area contributed by atoms with Crippen LogP contribution in [-0.2, 0) is 9.53 Å². The summed E-state index contributed by atoms with van der Waals surface area (Å²) in [6.07, 6.45) is -4.30. The van der Waals surface area contributed by atoms with Gasteiger partial charge in [-0.05, 0) is 6.92 Å².